The maximum atomic E-state index is 14.2. The number of thiophene rings is 1. The lowest BCUT2D eigenvalue weighted by Gasteiger charge is -2.40. The number of hydrogen-bond acceptors (Lipinski definition) is 3. The van der Waals surface area contributed by atoms with Gasteiger partial charge in [-0.15, -0.1) is 11.3 Å². The van der Waals surface area contributed by atoms with E-state index in [2.05, 4.69) is 4.90 Å². The number of hydrogen-bond donors (Lipinski definition) is 0. The van der Waals surface area contributed by atoms with Crippen molar-refractivity contribution in [3.05, 3.63) is 87.6 Å². The molecule has 0 bridgehead atoms. The Kier molecular flexibility index (Phi) is 5.36. The van der Waals surface area contributed by atoms with Crippen molar-refractivity contribution in [1.82, 2.24) is 4.90 Å². The molecule has 2 aliphatic rings. The maximum Gasteiger partial charge on any atom is 0.232 e. The number of likely N-dealkylation sites (tertiary alicyclic amines) is 1. The molecular weight excluding hydrogens is 414 g/mol. The molecule has 1 saturated heterocycles. The van der Waals surface area contributed by atoms with Crippen LogP contribution in [0.1, 0.15) is 28.8 Å². The van der Waals surface area contributed by atoms with Gasteiger partial charge < -0.3 is 4.90 Å². The van der Waals surface area contributed by atoms with Gasteiger partial charge in [-0.25, -0.2) is 8.78 Å². The van der Waals surface area contributed by atoms with E-state index in [9.17, 15) is 13.6 Å². The molecule has 1 fully saturated rings. The molecule has 0 N–H and O–H groups in total. The summed E-state index contributed by atoms with van der Waals surface area (Å²) >= 11 is 1.58. The van der Waals surface area contributed by atoms with E-state index >= 15 is 0 Å². The van der Waals surface area contributed by atoms with Crippen LogP contribution in [0.25, 0.3) is 0 Å². The van der Waals surface area contributed by atoms with Crippen LogP contribution in [0, 0.1) is 11.6 Å². The van der Waals surface area contributed by atoms with Gasteiger partial charge in [-0.2, -0.15) is 0 Å². The molecule has 31 heavy (non-hydrogen) atoms. The highest BCUT2D eigenvalue weighted by atomic mass is 32.1. The van der Waals surface area contributed by atoms with Crippen molar-refractivity contribution < 1.29 is 13.6 Å². The molecule has 5 rings (SSSR count). The number of halogens is 2. The van der Waals surface area contributed by atoms with Crippen LogP contribution in [0.4, 0.5) is 14.5 Å². The predicted octanol–water partition coefficient (Wildman–Crippen LogP) is 5.15. The Morgan fingerprint density at radius 2 is 1.81 bits per heavy atom. The molecular formula is C25H24F2N2OS. The zero-order valence-electron chi connectivity index (χ0n) is 17.2. The van der Waals surface area contributed by atoms with E-state index in [-0.39, 0.29) is 23.0 Å². The van der Waals surface area contributed by atoms with E-state index in [0.29, 0.717) is 19.5 Å². The van der Waals surface area contributed by atoms with Gasteiger partial charge in [-0.05, 0) is 78.8 Å². The van der Waals surface area contributed by atoms with Gasteiger partial charge >= 0.3 is 0 Å². The molecule has 0 unspecified atom stereocenters. The lowest BCUT2D eigenvalue weighted by atomic mass is 9.74. The minimum absolute atomic E-state index is 0.0642. The van der Waals surface area contributed by atoms with E-state index in [1.165, 1.54) is 12.1 Å². The van der Waals surface area contributed by atoms with Gasteiger partial charge in [-0.1, -0.05) is 18.2 Å². The molecule has 1 amide bonds. The Morgan fingerprint density at radius 3 is 2.55 bits per heavy atom. The molecule has 2 aliphatic heterocycles. The molecule has 0 saturated carbocycles. The first kappa shape index (κ1) is 20.3. The molecule has 1 spiro atoms. The predicted molar refractivity (Wildman–Crippen MR) is 119 cm³/mol. The first-order chi connectivity index (χ1) is 15.0. The van der Waals surface area contributed by atoms with Gasteiger partial charge in [-0.3, -0.25) is 9.69 Å². The van der Waals surface area contributed by atoms with Gasteiger partial charge in [0.1, 0.15) is 11.6 Å². The average molecular weight is 439 g/mol. The quantitative estimate of drug-likeness (QED) is 0.563. The minimum atomic E-state index is -0.257. The number of anilines is 1. The summed E-state index contributed by atoms with van der Waals surface area (Å²) in [4.78, 5) is 18.3. The van der Waals surface area contributed by atoms with Crippen molar-refractivity contribution >= 4 is 22.9 Å². The zero-order chi connectivity index (χ0) is 21.4. The standard InChI is InChI=1S/C25H24F2N2OS/c26-19-4-1-3-18(13-19)16-28-10-8-25(9-11-28)17-29(23-7-6-20(27)14-22(23)25)24(30)15-21-5-2-12-31-21/h1-7,12-14H,8-11,15-17H2. The Morgan fingerprint density at radius 1 is 1.00 bits per heavy atom. The zero-order valence-corrected chi connectivity index (χ0v) is 18.0. The fraction of sp³-hybridized carbons (Fsp3) is 0.320. The number of amides is 1. The summed E-state index contributed by atoms with van der Waals surface area (Å²) in [7, 11) is 0. The summed E-state index contributed by atoms with van der Waals surface area (Å²) < 4.78 is 27.7. The van der Waals surface area contributed by atoms with E-state index < -0.39 is 0 Å². The van der Waals surface area contributed by atoms with Crippen LogP contribution in [0.5, 0.6) is 0 Å². The summed E-state index contributed by atoms with van der Waals surface area (Å²) in [5.74, 6) is -0.409. The topological polar surface area (TPSA) is 23.6 Å². The monoisotopic (exact) mass is 438 g/mol. The van der Waals surface area contributed by atoms with Crippen LogP contribution in [0.2, 0.25) is 0 Å². The van der Waals surface area contributed by atoms with Crippen molar-refractivity contribution in [3.8, 4) is 0 Å². The van der Waals surface area contributed by atoms with Crippen molar-refractivity contribution in [2.45, 2.75) is 31.2 Å². The molecule has 2 aromatic carbocycles. The number of nitrogens with zero attached hydrogens (tertiary/aromatic N) is 2. The van der Waals surface area contributed by atoms with E-state index in [4.69, 9.17) is 0 Å². The Bertz CT molecular complexity index is 1090. The average Bonchev–Trinajstić information content (AvgIpc) is 3.37. The number of rotatable bonds is 4. The summed E-state index contributed by atoms with van der Waals surface area (Å²) in [6.45, 7) is 2.97. The Labute approximate surface area is 184 Å². The fourth-order valence-corrected chi connectivity index (χ4v) is 5.68. The third kappa shape index (κ3) is 4.02. The summed E-state index contributed by atoms with van der Waals surface area (Å²) in [5.41, 5.74) is 2.54. The van der Waals surface area contributed by atoms with Gasteiger partial charge in [0.25, 0.3) is 0 Å². The number of benzene rings is 2. The largest absolute Gasteiger partial charge is 0.311 e. The third-order valence-corrected chi connectivity index (χ3v) is 7.47. The van der Waals surface area contributed by atoms with Crippen molar-refractivity contribution in [2.24, 2.45) is 0 Å². The van der Waals surface area contributed by atoms with Crippen LogP contribution in [-0.2, 0) is 23.2 Å². The SMILES string of the molecule is O=C(Cc1cccs1)N1CC2(CCN(Cc3cccc(F)c3)CC2)c2cc(F)ccc21. The Balaban J connectivity index is 1.35. The number of piperidine rings is 1. The smallest absolute Gasteiger partial charge is 0.232 e. The number of carbonyl (C=O) groups is 1. The van der Waals surface area contributed by atoms with Gasteiger partial charge in [0.05, 0.1) is 6.42 Å². The summed E-state index contributed by atoms with van der Waals surface area (Å²) in [5, 5.41) is 1.98. The molecule has 0 atom stereocenters. The lowest BCUT2D eigenvalue weighted by molar-refractivity contribution is -0.118. The lowest BCUT2D eigenvalue weighted by Crippen LogP contribution is -2.46. The second-order valence-electron chi connectivity index (χ2n) is 8.58. The molecule has 6 heteroatoms. The molecule has 160 valence electrons. The van der Waals surface area contributed by atoms with Gasteiger partial charge in [0, 0.05) is 29.1 Å². The molecule has 1 aromatic heterocycles. The van der Waals surface area contributed by atoms with E-state index in [1.54, 1.807) is 35.6 Å². The van der Waals surface area contributed by atoms with Gasteiger partial charge in [0.2, 0.25) is 5.91 Å². The maximum absolute atomic E-state index is 14.2. The second kappa shape index (κ2) is 8.17. The third-order valence-electron chi connectivity index (χ3n) is 6.60. The molecule has 3 heterocycles. The highest BCUT2D eigenvalue weighted by Crippen LogP contribution is 2.47. The highest BCUT2D eigenvalue weighted by Gasteiger charge is 2.46. The molecule has 0 aliphatic carbocycles. The number of fused-ring (bicyclic) bond motifs is 2. The molecule has 3 nitrogen and oxygen atoms in total. The van der Waals surface area contributed by atoms with Crippen LogP contribution in [-0.4, -0.2) is 30.4 Å². The van der Waals surface area contributed by atoms with Crippen LogP contribution >= 0.6 is 11.3 Å². The van der Waals surface area contributed by atoms with Crippen molar-refractivity contribution in [2.75, 3.05) is 24.5 Å². The van der Waals surface area contributed by atoms with Crippen molar-refractivity contribution in [1.29, 1.82) is 0 Å². The normalized spacial score (nSPS) is 17.8. The second-order valence-corrected chi connectivity index (χ2v) is 9.62. The molecule has 3 aromatic rings. The highest BCUT2D eigenvalue weighted by molar-refractivity contribution is 7.10. The summed E-state index contributed by atoms with van der Waals surface area (Å²) in [6, 6.07) is 15.5. The fourth-order valence-electron chi connectivity index (χ4n) is 4.98. The van der Waals surface area contributed by atoms with E-state index in [0.717, 1.165) is 47.6 Å². The first-order valence-corrected chi connectivity index (χ1v) is 11.5. The Hall–Kier alpha value is -2.57. The number of carbonyl (C=O) groups excluding carboxylic acids is 1. The minimum Gasteiger partial charge on any atom is -0.311 e. The van der Waals surface area contributed by atoms with Crippen LogP contribution in [0.15, 0.2) is 60.0 Å². The van der Waals surface area contributed by atoms with Crippen molar-refractivity contribution in [3.63, 3.8) is 0 Å². The summed E-state index contributed by atoms with van der Waals surface area (Å²) in [6.07, 6.45) is 2.07. The van der Waals surface area contributed by atoms with Crippen LogP contribution < -0.4 is 4.90 Å². The van der Waals surface area contributed by atoms with Gasteiger partial charge in [0.15, 0.2) is 0 Å². The molecule has 0 radical (unpaired) electrons. The first-order valence-electron chi connectivity index (χ1n) is 10.6. The van der Waals surface area contributed by atoms with Crippen LogP contribution in [0.3, 0.4) is 0 Å². The van der Waals surface area contributed by atoms with E-state index in [1.807, 2.05) is 28.5 Å².